The average Bonchev–Trinajstić information content (AvgIpc) is 2.69. The third-order valence-electron chi connectivity index (χ3n) is 3.59. The number of ether oxygens (including phenoxy) is 5. The number of carbonyl (C=O) groups is 1. The normalized spacial score (nSPS) is 13.6. The van der Waals surface area contributed by atoms with Crippen molar-refractivity contribution in [2.24, 2.45) is 0 Å². The van der Waals surface area contributed by atoms with E-state index in [4.69, 9.17) is 23.7 Å². The van der Waals surface area contributed by atoms with Gasteiger partial charge in [-0.15, -0.1) is 0 Å². The minimum atomic E-state index is -1.88. The summed E-state index contributed by atoms with van der Waals surface area (Å²) in [5.41, 5.74) is 0. The lowest BCUT2D eigenvalue weighted by molar-refractivity contribution is -0.464. The fourth-order valence-corrected chi connectivity index (χ4v) is 2.29. The first-order valence-corrected chi connectivity index (χ1v) is 9.48. The monoisotopic (exact) mass is 380 g/mol. The highest BCUT2D eigenvalue weighted by Crippen LogP contribution is 2.36. The number of hydrogen-bond acceptors (Lipinski definition) is 6. The summed E-state index contributed by atoms with van der Waals surface area (Å²) in [6, 6.07) is 9.13. The van der Waals surface area contributed by atoms with Crippen molar-refractivity contribution in [3.05, 3.63) is 43.0 Å². The molecule has 0 bridgehead atoms. The summed E-state index contributed by atoms with van der Waals surface area (Å²) in [6.07, 6.45) is 3.18. The molecule has 0 aliphatic heterocycles. The molecule has 0 aliphatic carbocycles. The molecule has 1 rings (SSSR count). The minimum Gasteiger partial charge on any atom is -0.453 e. The molecule has 1 aromatic carbocycles. The quantitative estimate of drug-likeness (QED) is 0.270. The molecular weight excluding hydrogens is 348 g/mol. The van der Waals surface area contributed by atoms with Gasteiger partial charge < -0.3 is 23.7 Å². The number of esters is 1. The van der Waals surface area contributed by atoms with Crippen LogP contribution in [0.15, 0.2) is 43.0 Å². The van der Waals surface area contributed by atoms with E-state index >= 15 is 0 Å². The van der Waals surface area contributed by atoms with Crippen molar-refractivity contribution in [3.63, 3.8) is 0 Å². The lowest BCUT2D eigenvalue weighted by atomic mass is 10.2. The van der Waals surface area contributed by atoms with E-state index in [9.17, 15) is 4.79 Å². The minimum absolute atomic E-state index is 0.289. The Labute approximate surface area is 162 Å². The van der Waals surface area contributed by atoms with Gasteiger partial charge in [-0.25, -0.2) is 4.79 Å². The average molecular weight is 380 g/mol. The van der Waals surface area contributed by atoms with Crippen molar-refractivity contribution in [2.75, 3.05) is 19.8 Å². The van der Waals surface area contributed by atoms with E-state index in [0.29, 0.717) is 25.2 Å². The van der Waals surface area contributed by atoms with E-state index in [1.807, 2.05) is 39.0 Å². The van der Waals surface area contributed by atoms with Crippen molar-refractivity contribution < 1.29 is 28.5 Å². The van der Waals surface area contributed by atoms with Crippen LogP contribution in [0.25, 0.3) is 0 Å². The van der Waals surface area contributed by atoms with Gasteiger partial charge in [-0.05, 0) is 31.4 Å². The second-order valence-corrected chi connectivity index (χ2v) is 6.09. The Kier molecular flexibility index (Phi) is 10.1. The van der Waals surface area contributed by atoms with E-state index in [1.54, 1.807) is 19.1 Å². The van der Waals surface area contributed by atoms with Crippen LogP contribution >= 0.6 is 0 Å². The Balaban J connectivity index is 3.37. The highest BCUT2D eigenvalue weighted by Gasteiger charge is 2.59. The predicted octanol–water partition coefficient (Wildman–Crippen LogP) is 4.44. The van der Waals surface area contributed by atoms with Crippen LogP contribution < -0.4 is 4.74 Å². The first-order chi connectivity index (χ1) is 13.0. The second kappa shape index (κ2) is 11.7. The number of para-hydroxylation sites is 1. The number of hydrogen-bond donors (Lipinski definition) is 0. The van der Waals surface area contributed by atoms with Gasteiger partial charge in [0, 0.05) is 13.0 Å². The van der Waals surface area contributed by atoms with Crippen LogP contribution in [0.1, 0.15) is 47.0 Å². The molecule has 6 heteroatoms. The largest absolute Gasteiger partial charge is 0.453 e. The van der Waals surface area contributed by atoms with Crippen LogP contribution in [0.2, 0.25) is 0 Å². The third kappa shape index (κ3) is 6.65. The predicted molar refractivity (Wildman–Crippen MR) is 103 cm³/mol. The zero-order valence-corrected chi connectivity index (χ0v) is 16.9. The highest BCUT2D eigenvalue weighted by molar-refractivity contribution is 5.81. The zero-order chi connectivity index (χ0) is 20.2. The van der Waals surface area contributed by atoms with E-state index < -0.39 is 17.7 Å². The molecule has 1 unspecified atom stereocenters. The Hall–Kier alpha value is -1.89. The SMILES string of the molecule is C=CC(=O)OC(OCCC)(OCCC)C(C)(OCCC)Oc1ccccc1. The number of benzene rings is 1. The summed E-state index contributed by atoms with van der Waals surface area (Å²) in [4.78, 5) is 12.1. The fourth-order valence-electron chi connectivity index (χ4n) is 2.29. The van der Waals surface area contributed by atoms with Gasteiger partial charge in [-0.2, -0.15) is 0 Å². The fraction of sp³-hybridized carbons (Fsp3) is 0.571. The van der Waals surface area contributed by atoms with Crippen molar-refractivity contribution >= 4 is 5.97 Å². The van der Waals surface area contributed by atoms with Crippen LogP contribution in [0.3, 0.4) is 0 Å². The number of rotatable bonds is 14. The van der Waals surface area contributed by atoms with E-state index in [-0.39, 0.29) is 13.2 Å². The molecule has 0 aliphatic rings. The molecule has 1 aromatic rings. The summed E-state index contributed by atoms with van der Waals surface area (Å²) < 4.78 is 29.6. The molecule has 0 N–H and O–H groups in total. The van der Waals surface area contributed by atoms with Crippen LogP contribution in [-0.2, 0) is 23.7 Å². The zero-order valence-electron chi connectivity index (χ0n) is 16.9. The molecule has 0 heterocycles. The van der Waals surface area contributed by atoms with Gasteiger partial charge in [0.1, 0.15) is 5.75 Å². The highest BCUT2D eigenvalue weighted by atomic mass is 16.9. The van der Waals surface area contributed by atoms with Crippen molar-refractivity contribution in [3.8, 4) is 5.75 Å². The van der Waals surface area contributed by atoms with Gasteiger partial charge in [-0.1, -0.05) is 45.5 Å². The maximum Gasteiger partial charge on any atom is 0.399 e. The Morgan fingerprint density at radius 3 is 1.96 bits per heavy atom. The first kappa shape index (κ1) is 23.1. The molecule has 27 heavy (non-hydrogen) atoms. The van der Waals surface area contributed by atoms with Gasteiger partial charge in [0.25, 0.3) is 0 Å². The van der Waals surface area contributed by atoms with E-state index in [2.05, 4.69) is 6.58 Å². The molecule has 0 aromatic heterocycles. The lowest BCUT2D eigenvalue weighted by Crippen LogP contribution is -2.63. The second-order valence-electron chi connectivity index (χ2n) is 6.09. The van der Waals surface area contributed by atoms with Gasteiger partial charge in [0.05, 0.1) is 19.8 Å². The Morgan fingerprint density at radius 2 is 1.48 bits per heavy atom. The summed E-state index contributed by atoms with van der Waals surface area (Å²) in [5, 5.41) is 0. The molecule has 0 fully saturated rings. The Bertz CT molecular complexity index is 551. The molecular formula is C21H32O6. The molecule has 0 saturated heterocycles. The van der Waals surface area contributed by atoms with Crippen LogP contribution in [0.5, 0.6) is 5.75 Å². The summed E-state index contributed by atoms with van der Waals surface area (Å²) in [6.45, 7) is 11.9. The maximum absolute atomic E-state index is 12.1. The molecule has 1 atom stereocenters. The van der Waals surface area contributed by atoms with Gasteiger partial charge in [0.15, 0.2) is 0 Å². The van der Waals surface area contributed by atoms with Gasteiger partial charge in [0.2, 0.25) is 0 Å². The van der Waals surface area contributed by atoms with Crippen LogP contribution in [-0.4, -0.2) is 37.6 Å². The molecule has 0 amide bonds. The van der Waals surface area contributed by atoms with Crippen LogP contribution in [0.4, 0.5) is 0 Å². The Morgan fingerprint density at radius 1 is 0.963 bits per heavy atom. The molecule has 6 nitrogen and oxygen atoms in total. The third-order valence-corrected chi connectivity index (χ3v) is 3.59. The van der Waals surface area contributed by atoms with E-state index in [0.717, 1.165) is 12.5 Å². The number of carbonyl (C=O) groups excluding carboxylic acids is 1. The first-order valence-electron chi connectivity index (χ1n) is 9.48. The smallest absolute Gasteiger partial charge is 0.399 e. The van der Waals surface area contributed by atoms with Gasteiger partial charge in [-0.3, -0.25) is 0 Å². The molecule has 0 saturated carbocycles. The van der Waals surface area contributed by atoms with E-state index in [1.165, 1.54) is 0 Å². The molecule has 0 radical (unpaired) electrons. The summed E-state index contributed by atoms with van der Waals surface area (Å²) in [5.74, 6) is -3.57. The lowest BCUT2D eigenvalue weighted by Gasteiger charge is -2.44. The summed E-state index contributed by atoms with van der Waals surface area (Å²) >= 11 is 0. The van der Waals surface area contributed by atoms with Crippen molar-refractivity contribution in [2.45, 2.75) is 58.7 Å². The standard InChI is InChI=1S/C21H32O6/c1-6-15-23-20(5,26-18-13-11-10-12-14-18)21(24-16-7-2,25-17-8-3)27-19(22)9-4/h9-14H,4,6-8,15-17H2,1-3,5H3. The molecule has 152 valence electrons. The van der Waals surface area contributed by atoms with Gasteiger partial charge >= 0.3 is 17.7 Å². The van der Waals surface area contributed by atoms with Crippen molar-refractivity contribution in [1.29, 1.82) is 0 Å². The van der Waals surface area contributed by atoms with Crippen molar-refractivity contribution in [1.82, 2.24) is 0 Å². The maximum atomic E-state index is 12.1. The van der Waals surface area contributed by atoms with Crippen LogP contribution in [0, 0.1) is 0 Å². The molecule has 0 spiro atoms. The summed E-state index contributed by atoms with van der Waals surface area (Å²) in [7, 11) is 0. The topological polar surface area (TPSA) is 63.2 Å².